The molecular weight excluding hydrogens is 298 g/mol. The van der Waals surface area contributed by atoms with E-state index in [0.29, 0.717) is 6.61 Å². The van der Waals surface area contributed by atoms with Gasteiger partial charge in [0.1, 0.15) is 6.04 Å². The van der Waals surface area contributed by atoms with Gasteiger partial charge in [0.05, 0.1) is 20.3 Å². The van der Waals surface area contributed by atoms with Gasteiger partial charge in [0.25, 0.3) is 0 Å². The molecule has 0 amide bonds. The standard InChI is InChI=1S/C18H20ClNO2/c1-3-22-17-10-13-8-9-20-18(15(13)11-16(17)21-2)12-4-6-14(19)7-5-12/h4-7,10-11,18,20H,3,8-9H2,1-2H3/p+1/t18-/m0/s1. The predicted molar refractivity (Wildman–Crippen MR) is 88.0 cm³/mol. The summed E-state index contributed by atoms with van der Waals surface area (Å²) in [5, 5.41) is 3.13. The van der Waals surface area contributed by atoms with Crippen molar-refractivity contribution < 1.29 is 14.8 Å². The van der Waals surface area contributed by atoms with Gasteiger partial charge in [-0.2, -0.15) is 0 Å². The first kappa shape index (κ1) is 15.2. The molecule has 0 spiro atoms. The maximum absolute atomic E-state index is 6.01. The summed E-state index contributed by atoms with van der Waals surface area (Å²) in [6.07, 6.45) is 1.05. The van der Waals surface area contributed by atoms with Crippen molar-refractivity contribution in [1.82, 2.24) is 0 Å². The number of quaternary nitrogens is 1. The summed E-state index contributed by atoms with van der Waals surface area (Å²) in [5.41, 5.74) is 3.90. The van der Waals surface area contributed by atoms with Crippen LogP contribution in [0.15, 0.2) is 36.4 Å². The monoisotopic (exact) mass is 318 g/mol. The van der Waals surface area contributed by atoms with E-state index in [4.69, 9.17) is 21.1 Å². The number of rotatable bonds is 4. The second kappa shape index (κ2) is 6.59. The highest BCUT2D eigenvalue weighted by atomic mass is 35.5. The van der Waals surface area contributed by atoms with Gasteiger partial charge in [-0.15, -0.1) is 0 Å². The number of fused-ring (bicyclic) bond motifs is 1. The number of methoxy groups -OCH3 is 1. The first-order chi connectivity index (χ1) is 10.7. The normalized spacial score (nSPS) is 17.0. The zero-order chi connectivity index (χ0) is 15.5. The van der Waals surface area contributed by atoms with E-state index in [1.807, 2.05) is 19.1 Å². The smallest absolute Gasteiger partial charge is 0.161 e. The molecule has 2 aromatic carbocycles. The van der Waals surface area contributed by atoms with Crippen molar-refractivity contribution in [1.29, 1.82) is 0 Å². The highest BCUT2D eigenvalue weighted by molar-refractivity contribution is 6.30. The summed E-state index contributed by atoms with van der Waals surface area (Å²) in [6.45, 7) is 3.70. The van der Waals surface area contributed by atoms with Crippen molar-refractivity contribution in [2.75, 3.05) is 20.3 Å². The van der Waals surface area contributed by atoms with Crippen molar-refractivity contribution in [3.05, 3.63) is 58.1 Å². The van der Waals surface area contributed by atoms with Crippen molar-refractivity contribution >= 4 is 11.6 Å². The molecule has 0 saturated heterocycles. The molecule has 0 unspecified atom stereocenters. The van der Waals surface area contributed by atoms with E-state index in [1.54, 1.807) is 7.11 Å². The Morgan fingerprint density at radius 1 is 1.18 bits per heavy atom. The van der Waals surface area contributed by atoms with Crippen LogP contribution in [-0.2, 0) is 6.42 Å². The van der Waals surface area contributed by atoms with Gasteiger partial charge in [0.15, 0.2) is 11.5 Å². The summed E-state index contributed by atoms with van der Waals surface area (Å²) in [4.78, 5) is 0. The average molecular weight is 319 g/mol. The van der Waals surface area contributed by atoms with Gasteiger partial charge in [-0.1, -0.05) is 23.7 Å². The first-order valence-corrected chi connectivity index (χ1v) is 8.03. The molecule has 22 heavy (non-hydrogen) atoms. The molecule has 4 heteroatoms. The molecule has 1 aliphatic rings. The molecule has 1 heterocycles. The van der Waals surface area contributed by atoms with E-state index < -0.39 is 0 Å². The molecule has 0 aromatic heterocycles. The van der Waals surface area contributed by atoms with Crippen molar-refractivity contribution in [3.8, 4) is 11.5 Å². The Balaban J connectivity index is 2.03. The molecule has 0 fully saturated rings. The third kappa shape index (κ3) is 2.92. The zero-order valence-electron chi connectivity index (χ0n) is 12.9. The maximum Gasteiger partial charge on any atom is 0.161 e. The number of ether oxygens (including phenoxy) is 2. The Labute approximate surface area is 136 Å². The summed E-state index contributed by atoms with van der Waals surface area (Å²) in [7, 11) is 1.69. The van der Waals surface area contributed by atoms with Crippen LogP contribution >= 0.6 is 11.6 Å². The Kier molecular flexibility index (Phi) is 4.55. The van der Waals surface area contributed by atoms with E-state index in [-0.39, 0.29) is 6.04 Å². The van der Waals surface area contributed by atoms with Crippen molar-refractivity contribution in [2.24, 2.45) is 0 Å². The van der Waals surface area contributed by atoms with Crippen LogP contribution in [0, 0.1) is 0 Å². The summed E-state index contributed by atoms with van der Waals surface area (Å²) in [5.74, 6) is 1.63. The number of nitrogens with two attached hydrogens (primary N) is 1. The van der Waals surface area contributed by atoms with Crippen LogP contribution in [0.4, 0.5) is 0 Å². The maximum atomic E-state index is 6.01. The second-order valence-electron chi connectivity index (χ2n) is 5.44. The summed E-state index contributed by atoms with van der Waals surface area (Å²) < 4.78 is 11.2. The lowest BCUT2D eigenvalue weighted by molar-refractivity contribution is -0.690. The molecular formula is C18H21ClNO2+. The fraction of sp³-hybridized carbons (Fsp3) is 0.333. The topological polar surface area (TPSA) is 35.1 Å². The molecule has 1 aliphatic heterocycles. The number of benzene rings is 2. The Morgan fingerprint density at radius 2 is 1.95 bits per heavy atom. The summed E-state index contributed by atoms with van der Waals surface area (Å²) in [6, 6.07) is 12.6. The molecule has 3 nitrogen and oxygen atoms in total. The zero-order valence-corrected chi connectivity index (χ0v) is 13.7. The minimum Gasteiger partial charge on any atom is -0.493 e. The van der Waals surface area contributed by atoms with E-state index >= 15 is 0 Å². The van der Waals surface area contributed by atoms with Crippen LogP contribution in [0.5, 0.6) is 11.5 Å². The average Bonchev–Trinajstić information content (AvgIpc) is 2.55. The third-order valence-electron chi connectivity index (χ3n) is 4.11. The number of hydrogen-bond acceptors (Lipinski definition) is 2. The van der Waals surface area contributed by atoms with Gasteiger partial charge >= 0.3 is 0 Å². The van der Waals surface area contributed by atoms with Crippen LogP contribution in [0.1, 0.15) is 29.7 Å². The van der Waals surface area contributed by atoms with Crippen molar-refractivity contribution in [3.63, 3.8) is 0 Å². The Morgan fingerprint density at radius 3 is 2.64 bits per heavy atom. The molecule has 116 valence electrons. The molecule has 3 rings (SSSR count). The molecule has 2 aromatic rings. The van der Waals surface area contributed by atoms with Gasteiger partial charge in [-0.3, -0.25) is 0 Å². The third-order valence-corrected chi connectivity index (χ3v) is 4.36. The molecule has 2 N–H and O–H groups in total. The molecule has 0 aliphatic carbocycles. The van der Waals surface area contributed by atoms with Crippen LogP contribution in [0.2, 0.25) is 5.02 Å². The largest absolute Gasteiger partial charge is 0.493 e. The lowest BCUT2D eigenvalue weighted by Gasteiger charge is -2.25. The van der Waals surface area contributed by atoms with Crippen LogP contribution < -0.4 is 14.8 Å². The van der Waals surface area contributed by atoms with E-state index in [0.717, 1.165) is 29.5 Å². The van der Waals surface area contributed by atoms with Gasteiger partial charge in [0.2, 0.25) is 0 Å². The lowest BCUT2D eigenvalue weighted by atomic mass is 9.89. The van der Waals surface area contributed by atoms with Gasteiger partial charge in [-0.05, 0) is 36.8 Å². The quantitative estimate of drug-likeness (QED) is 0.940. The molecule has 0 bridgehead atoms. The number of halogens is 1. The lowest BCUT2D eigenvalue weighted by Crippen LogP contribution is -2.87. The predicted octanol–water partition coefficient (Wildman–Crippen LogP) is 2.96. The van der Waals surface area contributed by atoms with E-state index in [1.165, 1.54) is 16.7 Å². The second-order valence-corrected chi connectivity index (χ2v) is 5.87. The summed E-state index contributed by atoms with van der Waals surface area (Å²) >= 11 is 6.01. The minimum absolute atomic E-state index is 0.283. The number of hydrogen-bond donors (Lipinski definition) is 1. The van der Waals surface area contributed by atoms with Crippen LogP contribution in [0.25, 0.3) is 0 Å². The van der Waals surface area contributed by atoms with Gasteiger partial charge in [0, 0.05) is 22.6 Å². The highest BCUT2D eigenvalue weighted by Crippen LogP contribution is 2.35. The molecule has 0 radical (unpaired) electrons. The van der Waals surface area contributed by atoms with E-state index in [2.05, 4.69) is 29.6 Å². The fourth-order valence-corrected chi connectivity index (χ4v) is 3.20. The van der Waals surface area contributed by atoms with E-state index in [9.17, 15) is 0 Å². The highest BCUT2D eigenvalue weighted by Gasteiger charge is 2.27. The minimum atomic E-state index is 0.283. The van der Waals surface area contributed by atoms with Gasteiger partial charge in [-0.25, -0.2) is 0 Å². The Bertz CT molecular complexity index is 655. The Hall–Kier alpha value is -1.71. The first-order valence-electron chi connectivity index (χ1n) is 7.65. The molecule has 1 atom stereocenters. The fourth-order valence-electron chi connectivity index (χ4n) is 3.07. The SMILES string of the molecule is CCOc1cc2c(cc1OC)[C@H](c1ccc(Cl)cc1)[NH2+]CC2. The van der Waals surface area contributed by atoms with Crippen LogP contribution in [0.3, 0.4) is 0 Å². The van der Waals surface area contributed by atoms with Gasteiger partial charge < -0.3 is 14.8 Å². The molecule has 0 saturated carbocycles. The van der Waals surface area contributed by atoms with Crippen LogP contribution in [-0.4, -0.2) is 20.3 Å². The van der Waals surface area contributed by atoms with Crippen molar-refractivity contribution in [2.45, 2.75) is 19.4 Å².